The maximum Gasteiger partial charge on any atom is 0.261 e. The number of aromatic nitrogens is 2. The van der Waals surface area contributed by atoms with Gasteiger partial charge in [-0.05, 0) is 30.3 Å². The van der Waals surface area contributed by atoms with Crippen molar-refractivity contribution in [3.63, 3.8) is 0 Å². The van der Waals surface area contributed by atoms with Gasteiger partial charge in [-0.15, -0.1) is 0 Å². The highest BCUT2D eigenvalue weighted by atomic mass is 35.5. The molecule has 0 aliphatic heterocycles. The van der Waals surface area contributed by atoms with E-state index in [0.717, 1.165) is 5.65 Å². The predicted molar refractivity (Wildman–Crippen MR) is 82.5 cm³/mol. The summed E-state index contributed by atoms with van der Waals surface area (Å²) in [6.07, 6.45) is 5.00. The lowest BCUT2D eigenvalue weighted by atomic mass is 10.4. The van der Waals surface area contributed by atoms with Gasteiger partial charge in [0.05, 0.1) is 20.6 Å². The number of sulfonamides is 1. The van der Waals surface area contributed by atoms with E-state index >= 15 is 0 Å². The number of pyridine rings is 1. The highest BCUT2D eigenvalue weighted by Gasteiger charge is 2.16. The van der Waals surface area contributed by atoms with Gasteiger partial charge in [-0.2, -0.15) is 0 Å². The molecule has 21 heavy (non-hydrogen) atoms. The molecular formula is C13H9Cl2N3O2S. The normalized spacial score (nSPS) is 11.7. The first kappa shape index (κ1) is 14.2. The zero-order valence-electron chi connectivity index (χ0n) is 10.5. The minimum absolute atomic E-state index is 0.0441. The fourth-order valence-electron chi connectivity index (χ4n) is 1.84. The third kappa shape index (κ3) is 2.83. The van der Waals surface area contributed by atoms with E-state index in [2.05, 4.69) is 9.71 Å². The lowest BCUT2D eigenvalue weighted by molar-refractivity contribution is 0.601. The molecule has 0 aliphatic rings. The Balaban J connectivity index is 1.96. The average Bonchev–Trinajstić information content (AvgIpc) is 2.88. The molecule has 2 aromatic heterocycles. The number of hydrogen-bond donors (Lipinski definition) is 1. The van der Waals surface area contributed by atoms with E-state index in [1.54, 1.807) is 35.1 Å². The van der Waals surface area contributed by atoms with Crippen LogP contribution in [0.4, 0.5) is 5.69 Å². The van der Waals surface area contributed by atoms with E-state index < -0.39 is 10.0 Å². The number of nitrogens with one attached hydrogen (secondary N) is 1. The van der Waals surface area contributed by atoms with Crippen LogP contribution in [-0.2, 0) is 10.0 Å². The van der Waals surface area contributed by atoms with Crippen LogP contribution < -0.4 is 4.72 Å². The number of rotatable bonds is 3. The number of benzene rings is 1. The first-order chi connectivity index (χ1) is 9.95. The number of halogens is 2. The Hall–Kier alpha value is -1.76. The van der Waals surface area contributed by atoms with Crippen LogP contribution in [-0.4, -0.2) is 17.8 Å². The summed E-state index contributed by atoms with van der Waals surface area (Å²) in [4.78, 5) is 4.13. The van der Waals surface area contributed by atoms with Crippen molar-refractivity contribution in [3.8, 4) is 0 Å². The topological polar surface area (TPSA) is 63.5 Å². The predicted octanol–water partition coefficient (Wildman–Crippen LogP) is 3.44. The van der Waals surface area contributed by atoms with Crippen LogP contribution in [0.2, 0.25) is 10.0 Å². The van der Waals surface area contributed by atoms with Gasteiger partial charge >= 0.3 is 0 Å². The largest absolute Gasteiger partial charge is 0.305 e. The molecule has 3 rings (SSSR count). The number of fused-ring (bicyclic) bond motifs is 1. The number of hydrogen-bond acceptors (Lipinski definition) is 3. The van der Waals surface area contributed by atoms with Crippen molar-refractivity contribution in [3.05, 3.63) is 59.0 Å². The van der Waals surface area contributed by atoms with Crippen molar-refractivity contribution in [1.82, 2.24) is 9.38 Å². The number of anilines is 1. The van der Waals surface area contributed by atoms with Gasteiger partial charge in [-0.1, -0.05) is 23.2 Å². The summed E-state index contributed by atoms with van der Waals surface area (Å²) < 4.78 is 28.8. The second-order valence-corrected chi connectivity index (χ2v) is 6.79. The van der Waals surface area contributed by atoms with Crippen LogP contribution >= 0.6 is 23.2 Å². The molecule has 0 fully saturated rings. The Labute approximate surface area is 131 Å². The van der Waals surface area contributed by atoms with Gasteiger partial charge < -0.3 is 4.40 Å². The Kier molecular flexibility index (Phi) is 3.52. The van der Waals surface area contributed by atoms with Crippen LogP contribution in [0, 0.1) is 0 Å². The average molecular weight is 342 g/mol. The smallest absolute Gasteiger partial charge is 0.261 e. The lowest BCUT2D eigenvalue weighted by Crippen LogP contribution is -2.13. The molecule has 2 heterocycles. The zero-order chi connectivity index (χ0) is 15.0. The second kappa shape index (κ2) is 5.22. The third-order valence-corrected chi connectivity index (χ3v) is 4.96. The first-order valence-electron chi connectivity index (χ1n) is 5.86. The van der Waals surface area contributed by atoms with Crippen molar-refractivity contribution >= 4 is 44.6 Å². The molecule has 108 valence electrons. The van der Waals surface area contributed by atoms with E-state index in [9.17, 15) is 8.42 Å². The fourth-order valence-corrected chi connectivity index (χ4v) is 3.27. The van der Waals surface area contributed by atoms with Gasteiger partial charge in [-0.3, -0.25) is 4.72 Å². The summed E-state index contributed by atoms with van der Waals surface area (Å²) in [6.45, 7) is 0. The van der Waals surface area contributed by atoms with E-state index in [-0.39, 0.29) is 9.92 Å². The molecule has 3 aromatic rings. The molecule has 0 aliphatic carbocycles. The van der Waals surface area contributed by atoms with Crippen molar-refractivity contribution in [2.24, 2.45) is 0 Å². The van der Waals surface area contributed by atoms with Crippen molar-refractivity contribution in [1.29, 1.82) is 0 Å². The summed E-state index contributed by atoms with van der Waals surface area (Å²) >= 11 is 11.6. The SMILES string of the molecule is O=S(=O)(Nc1ccc2nccn2c1)c1ccc(Cl)c(Cl)c1. The molecule has 0 bridgehead atoms. The van der Waals surface area contributed by atoms with Gasteiger partial charge in [0.1, 0.15) is 5.65 Å². The molecular weight excluding hydrogens is 333 g/mol. The molecule has 0 amide bonds. The van der Waals surface area contributed by atoms with Crippen LogP contribution in [0.5, 0.6) is 0 Å². The number of nitrogens with zero attached hydrogens (tertiary/aromatic N) is 2. The van der Waals surface area contributed by atoms with Gasteiger partial charge in [0.15, 0.2) is 0 Å². The molecule has 0 unspecified atom stereocenters. The summed E-state index contributed by atoms with van der Waals surface area (Å²) in [5.41, 5.74) is 1.15. The maximum atomic E-state index is 12.3. The van der Waals surface area contributed by atoms with E-state index in [4.69, 9.17) is 23.2 Å². The molecule has 1 aromatic carbocycles. The molecule has 0 spiro atoms. The van der Waals surface area contributed by atoms with Gasteiger partial charge in [0, 0.05) is 18.6 Å². The molecule has 0 saturated carbocycles. The standard InChI is InChI=1S/C13H9Cl2N3O2S/c14-11-3-2-10(7-12(11)15)21(19,20)17-9-1-4-13-16-5-6-18(13)8-9/h1-8,17H. The third-order valence-electron chi connectivity index (χ3n) is 2.84. The van der Waals surface area contributed by atoms with Crippen LogP contribution in [0.25, 0.3) is 5.65 Å². The summed E-state index contributed by atoms with van der Waals surface area (Å²) in [6, 6.07) is 7.50. The molecule has 5 nitrogen and oxygen atoms in total. The molecule has 0 saturated heterocycles. The van der Waals surface area contributed by atoms with E-state index in [0.29, 0.717) is 10.7 Å². The monoisotopic (exact) mass is 341 g/mol. The molecule has 8 heteroatoms. The minimum atomic E-state index is -3.73. The van der Waals surface area contributed by atoms with Gasteiger partial charge in [0.2, 0.25) is 0 Å². The molecule has 0 radical (unpaired) electrons. The lowest BCUT2D eigenvalue weighted by Gasteiger charge is -2.09. The Morgan fingerprint density at radius 3 is 2.67 bits per heavy atom. The van der Waals surface area contributed by atoms with Crippen LogP contribution in [0.1, 0.15) is 0 Å². The highest BCUT2D eigenvalue weighted by molar-refractivity contribution is 7.92. The Bertz CT molecular complexity index is 922. The highest BCUT2D eigenvalue weighted by Crippen LogP contribution is 2.26. The van der Waals surface area contributed by atoms with E-state index in [1.807, 2.05) is 0 Å². The van der Waals surface area contributed by atoms with Gasteiger partial charge in [-0.25, -0.2) is 13.4 Å². The molecule has 1 N–H and O–H groups in total. The Morgan fingerprint density at radius 2 is 1.90 bits per heavy atom. The van der Waals surface area contributed by atoms with Crippen LogP contribution in [0.15, 0.2) is 53.8 Å². The van der Waals surface area contributed by atoms with E-state index in [1.165, 1.54) is 18.2 Å². The second-order valence-electron chi connectivity index (χ2n) is 4.29. The van der Waals surface area contributed by atoms with Crippen molar-refractivity contribution in [2.75, 3.05) is 4.72 Å². The maximum absolute atomic E-state index is 12.3. The summed E-state index contributed by atoms with van der Waals surface area (Å²) in [5.74, 6) is 0. The van der Waals surface area contributed by atoms with Crippen molar-refractivity contribution < 1.29 is 8.42 Å². The molecule has 0 atom stereocenters. The van der Waals surface area contributed by atoms with Gasteiger partial charge in [0.25, 0.3) is 10.0 Å². The quantitative estimate of drug-likeness (QED) is 0.793. The summed E-state index contributed by atoms with van der Waals surface area (Å²) in [5, 5.41) is 0.486. The zero-order valence-corrected chi connectivity index (χ0v) is 12.8. The number of imidazole rings is 1. The first-order valence-corrected chi connectivity index (χ1v) is 8.10. The van der Waals surface area contributed by atoms with Crippen LogP contribution in [0.3, 0.4) is 0 Å². The fraction of sp³-hybridized carbons (Fsp3) is 0. The minimum Gasteiger partial charge on any atom is -0.305 e. The van der Waals surface area contributed by atoms with Crippen molar-refractivity contribution in [2.45, 2.75) is 4.90 Å². The Morgan fingerprint density at radius 1 is 1.10 bits per heavy atom. The summed E-state index contributed by atoms with van der Waals surface area (Å²) in [7, 11) is -3.73.